The molecule has 3 rings (SSSR count). The van der Waals surface area contributed by atoms with Crippen molar-refractivity contribution in [2.75, 3.05) is 24.3 Å². The quantitative estimate of drug-likeness (QED) is 0.459. The van der Waals surface area contributed by atoms with Crippen LogP contribution in [0.4, 0.5) is 17.1 Å². The summed E-state index contributed by atoms with van der Waals surface area (Å²) < 4.78 is 5.17. The highest BCUT2D eigenvalue weighted by Crippen LogP contribution is 2.29. The number of aryl methyl sites for hydroxylation is 1. The monoisotopic (exact) mass is 398 g/mol. The lowest BCUT2D eigenvalue weighted by molar-refractivity contribution is -0.384. The van der Waals surface area contributed by atoms with Crippen LogP contribution in [-0.4, -0.2) is 29.5 Å². The van der Waals surface area contributed by atoms with E-state index in [0.717, 1.165) is 16.3 Å². The number of nitro benzene ring substituents is 1. The number of thiazole rings is 1. The molecule has 0 aliphatic heterocycles. The summed E-state index contributed by atoms with van der Waals surface area (Å²) in [5, 5.41) is 19.6. The summed E-state index contributed by atoms with van der Waals surface area (Å²) >= 11 is 1.56. The maximum absolute atomic E-state index is 12.3. The third-order valence-electron chi connectivity index (χ3n) is 3.89. The minimum absolute atomic E-state index is 0.0719. The molecule has 0 aliphatic carbocycles. The predicted octanol–water partition coefficient (Wildman–Crippen LogP) is 4.09. The van der Waals surface area contributed by atoms with Crippen molar-refractivity contribution in [3.63, 3.8) is 0 Å². The normalized spacial score (nSPS) is 10.4. The molecule has 0 saturated heterocycles. The molecule has 0 spiro atoms. The second-order valence-corrected chi connectivity index (χ2v) is 6.94. The van der Waals surface area contributed by atoms with Crippen LogP contribution in [-0.2, 0) is 4.79 Å². The van der Waals surface area contributed by atoms with E-state index in [1.807, 2.05) is 30.5 Å². The van der Waals surface area contributed by atoms with E-state index in [1.165, 1.54) is 25.3 Å². The Kier molecular flexibility index (Phi) is 5.85. The van der Waals surface area contributed by atoms with Gasteiger partial charge in [-0.1, -0.05) is 12.1 Å². The van der Waals surface area contributed by atoms with E-state index in [0.29, 0.717) is 17.1 Å². The zero-order valence-corrected chi connectivity index (χ0v) is 16.1. The predicted molar refractivity (Wildman–Crippen MR) is 109 cm³/mol. The number of carbonyl (C=O) groups excluding carboxylic acids is 1. The van der Waals surface area contributed by atoms with Gasteiger partial charge in [0.1, 0.15) is 5.75 Å². The van der Waals surface area contributed by atoms with Gasteiger partial charge in [-0.25, -0.2) is 4.98 Å². The van der Waals surface area contributed by atoms with Gasteiger partial charge >= 0.3 is 0 Å². The second kappa shape index (κ2) is 8.49. The molecule has 0 atom stereocenters. The van der Waals surface area contributed by atoms with E-state index >= 15 is 0 Å². The highest BCUT2D eigenvalue weighted by molar-refractivity contribution is 7.09. The molecule has 0 aliphatic rings. The average molecular weight is 398 g/mol. The molecule has 0 saturated carbocycles. The summed E-state index contributed by atoms with van der Waals surface area (Å²) in [6.45, 7) is 1.87. The Morgan fingerprint density at radius 2 is 2.11 bits per heavy atom. The van der Waals surface area contributed by atoms with Crippen LogP contribution < -0.4 is 15.4 Å². The van der Waals surface area contributed by atoms with Crippen molar-refractivity contribution in [2.24, 2.45) is 0 Å². The Labute approximate surface area is 165 Å². The molecule has 1 aromatic heterocycles. The fraction of sp³-hybridized carbons (Fsp3) is 0.158. The summed E-state index contributed by atoms with van der Waals surface area (Å²) in [5.74, 6) is 0.125. The number of anilines is 2. The number of methoxy groups -OCH3 is 1. The summed E-state index contributed by atoms with van der Waals surface area (Å²) in [7, 11) is 1.46. The van der Waals surface area contributed by atoms with Gasteiger partial charge in [0.15, 0.2) is 0 Å². The smallest absolute Gasteiger partial charge is 0.271 e. The first-order chi connectivity index (χ1) is 13.5. The number of non-ortho nitro benzene ring substituents is 1. The molecule has 0 unspecified atom stereocenters. The zero-order chi connectivity index (χ0) is 20.1. The molecule has 3 aromatic rings. The number of nitrogens with zero attached hydrogens (tertiary/aromatic N) is 2. The first-order valence-corrected chi connectivity index (χ1v) is 9.23. The van der Waals surface area contributed by atoms with E-state index in [2.05, 4.69) is 15.6 Å². The van der Waals surface area contributed by atoms with Crippen LogP contribution in [0, 0.1) is 17.0 Å². The zero-order valence-electron chi connectivity index (χ0n) is 15.3. The summed E-state index contributed by atoms with van der Waals surface area (Å²) in [6.07, 6.45) is 0. The van der Waals surface area contributed by atoms with Crippen molar-refractivity contribution >= 4 is 34.3 Å². The number of nitrogens with one attached hydrogen (secondary N) is 2. The maximum atomic E-state index is 12.3. The highest BCUT2D eigenvalue weighted by atomic mass is 32.1. The number of hydrogen-bond acceptors (Lipinski definition) is 7. The lowest BCUT2D eigenvalue weighted by Crippen LogP contribution is -2.22. The van der Waals surface area contributed by atoms with Crippen LogP contribution in [0.5, 0.6) is 5.75 Å². The van der Waals surface area contributed by atoms with Gasteiger partial charge in [-0.2, -0.15) is 0 Å². The number of benzene rings is 2. The summed E-state index contributed by atoms with van der Waals surface area (Å²) in [6, 6.07) is 11.6. The summed E-state index contributed by atoms with van der Waals surface area (Å²) in [5.41, 5.74) is 2.70. The first-order valence-electron chi connectivity index (χ1n) is 8.35. The Hall–Kier alpha value is -3.46. The number of aromatic nitrogens is 1. The molecule has 2 aromatic carbocycles. The minimum atomic E-state index is -0.504. The fourth-order valence-electron chi connectivity index (χ4n) is 2.58. The highest BCUT2D eigenvalue weighted by Gasteiger charge is 2.12. The van der Waals surface area contributed by atoms with E-state index in [9.17, 15) is 14.9 Å². The van der Waals surface area contributed by atoms with Crippen molar-refractivity contribution in [3.8, 4) is 17.0 Å². The summed E-state index contributed by atoms with van der Waals surface area (Å²) in [4.78, 5) is 27.2. The molecular formula is C19H18N4O4S. The molecule has 2 N–H and O–H groups in total. The van der Waals surface area contributed by atoms with E-state index in [-0.39, 0.29) is 18.1 Å². The Balaban J connectivity index is 1.67. The van der Waals surface area contributed by atoms with Crippen LogP contribution in [0.2, 0.25) is 0 Å². The van der Waals surface area contributed by atoms with Crippen LogP contribution in [0.15, 0.2) is 47.8 Å². The van der Waals surface area contributed by atoms with Crippen molar-refractivity contribution < 1.29 is 14.5 Å². The topological polar surface area (TPSA) is 106 Å². The Morgan fingerprint density at radius 3 is 2.79 bits per heavy atom. The van der Waals surface area contributed by atoms with E-state index in [4.69, 9.17) is 4.74 Å². The number of nitro groups is 1. The van der Waals surface area contributed by atoms with Crippen molar-refractivity contribution in [2.45, 2.75) is 6.92 Å². The molecule has 9 heteroatoms. The second-order valence-electron chi connectivity index (χ2n) is 5.88. The van der Waals surface area contributed by atoms with Gasteiger partial charge < -0.3 is 15.4 Å². The van der Waals surface area contributed by atoms with E-state index in [1.54, 1.807) is 17.4 Å². The third kappa shape index (κ3) is 4.63. The van der Waals surface area contributed by atoms with Gasteiger partial charge in [0.05, 0.1) is 35.0 Å². The number of hydrogen-bond donors (Lipinski definition) is 2. The lowest BCUT2D eigenvalue weighted by Gasteiger charge is -2.11. The number of carbonyl (C=O) groups is 1. The lowest BCUT2D eigenvalue weighted by atomic mass is 10.1. The number of amides is 1. The number of rotatable bonds is 7. The molecule has 144 valence electrons. The van der Waals surface area contributed by atoms with Crippen molar-refractivity contribution in [3.05, 3.63) is 63.0 Å². The third-order valence-corrected chi connectivity index (χ3v) is 4.67. The van der Waals surface area contributed by atoms with E-state index < -0.39 is 4.92 Å². The molecule has 28 heavy (non-hydrogen) atoms. The molecule has 0 fully saturated rings. The SMILES string of the molecule is COc1ccc([N+](=O)[O-])cc1NCC(=O)Nc1cccc(-c2csc(C)n2)c1. The minimum Gasteiger partial charge on any atom is -0.495 e. The van der Waals surface area contributed by atoms with Gasteiger partial charge in [-0.15, -0.1) is 11.3 Å². The molecule has 0 radical (unpaired) electrons. The molecule has 1 heterocycles. The Morgan fingerprint density at radius 1 is 1.29 bits per heavy atom. The van der Waals surface area contributed by atoms with Crippen LogP contribution in [0.25, 0.3) is 11.3 Å². The molecule has 8 nitrogen and oxygen atoms in total. The molecule has 0 bridgehead atoms. The van der Waals surface area contributed by atoms with Gasteiger partial charge in [0, 0.05) is 28.8 Å². The van der Waals surface area contributed by atoms with Gasteiger partial charge in [0.2, 0.25) is 5.91 Å². The first kappa shape index (κ1) is 19.3. The molecule has 1 amide bonds. The van der Waals surface area contributed by atoms with Crippen molar-refractivity contribution in [1.82, 2.24) is 4.98 Å². The van der Waals surface area contributed by atoms with Crippen LogP contribution >= 0.6 is 11.3 Å². The van der Waals surface area contributed by atoms with Crippen molar-refractivity contribution in [1.29, 1.82) is 0 Å². The van der Waals surface area contributed by atoms with Crippen LogP contribution in [0.1, 0.15) is 5.01 Å². The van der Waals surface area contributed by atoms with Gasteiger partial charge in [0.25, 0.3) is 5.69 Å². The maximum Gasteiger partial charge on any atom is 0.271 e. The standard InChI is InChI=1S/C19H18N4O4S/c1-12-21-17(11-28-12)13-4-3-5-14(8-13)22-19(24)10-20-16-9-15(23(25)26)6-7-18(16)27-2/h3-9,11,20H,10H2,1-2H3,(H,22,24). The Bertz CT molecular complexity index is 1020. The van der Waals surface area contributed by atoms with Crippen LogP contribution in [0.3, 0.4) is 0 Å². The average Bonchev–Trinajstić information content (AvgIpc) is 3.12. The molecular weight excluding hydrogens is 380 g/mol. The largest absolute Gasteiger partial charge is 0.495 e. The van der Waals surface area contributed by atoms with Gasteiger partial charge in [-0.3, -0.25) is 14.9 Å². The van der Waals surface area contributed by atoms with Gasteiger partial charge in [-0.05, 0) is 25.1 Å². The number of ether oxygens (including phenoxy) is 1. The fourth-order valence-corrected chi connectivity index (χ4v) is 3.20.